The van der Waals surface area contributed by atoms with Crippen LogP contribution in [-0.4, -0.2) is 34.2 Å². The zero-order chi connectivity index (χ0) is 26.8. The third-order valence-electron chi connectivity index (χ3n) is 6.57. The van der Waals surface area contributed by atoms with E-state index < -0.39 is 22.7 Å². The van der Waals surface area contributed by atoms with Crippen molar-refractivity contribution in [2.75, 3.05) is 11.6 Å². The molecular formula is C30H23N3O5. The van der Waals surface area contributed by atoms with Crippen molar-refractivity contribution in [1.29, 1.82) is 0 Å². The van der Waals surface area contributed by atoms with Gasteiger partial charge in [0.2, 0.25) is 5.91 Å². The second-order valence-electron chi connectivity index (χ2n) is 9.02. The number of nitrogens with zero attached hydrogens (tertiary/aromatic N) is 3. The summed E-state index contributed by atoms with van der Waals surface area (Å²) in [6.45, 7) is 1.57. The summed E-state index contributed by atoms with van der Waals surface area (Å²) < 4.78 is 0. The fourth-order valence-electron chi connectivity index (χ4n) is 4.59. The lowest BCUT2D eigenvalue weighted by molar-refractivity contribution is -0.384. The summed E-state index contributed by atoms with van der Waals surface area (Å²) in [5, 5.41) is 11.2. The van der Waals surface area contributed by atoms with Crippen LogP contribution in [0.2, 0.25) is 0 Å². The van der Waals surface area contributed by atoms with Crippen LogP contribution < -0.4 is 4.90 Å². The minimum Gasteiger partial charge on any atom is -0.293 e. The summed E-state index contributed by atoms with van der Waals surface area (Å²) in [6.07, 6.45) is 0. The number of hydrogen-bond acceptors (Lipinski definition) is 5. The molecule has 0 fully saturated rings. The number of fused-ring (bicyclic) bond motifs is 1. The van der Waals surface area contributed by atoms with Crippen molar-refractivity contribution in [3.63, 3.8) is 0 Å². The van der Waals surface area contributed by atoms with E-state index >= 15 is 0 Å². The highest BCUT2D eigenvalue weighted by molar-refractivity contribution is 6.22. The van der Waals surface area contributed by atoms with E-state index in [0.717, 1.165) is 27.7 Å². The van der Waals surface area contributed by atoms with E-state index in [-0.39, 0.29) is 29.4 Å². The molecule has 0 N–H and O–H groups in total. The van der Waals surface area contributed by atoms with Crippen LogP contribution in [0.3, 0.4) is 0 Å². The number of nitro benzene ring substituents is 1. The van der Waals surface area contributed by atoms with Crippen LogP contribution in [0, 0.1) is 17.0 Å². The van der Waals surface area contributed by atoms with E-state index in [9.17, 15) is 24.5 Å². The molecule has 188 valence electrons. The van der Waals surface area contributed by atoms with Gasteiger partial charge in [0.25, 0.3) is 17.5 Å². The lowest BCUT2D eigenvalue weighted by atomic mass is 9.90. The van der Waals surface area contributed by atoms with Crippen molar-refractivity contribution >= 4 is 29.1 Å². The van der Waals surface area contributed by atoms with Gasteiger partial charge in [-0.1, -0.05) is 78.4 Å². The zero-order valence-electron chi connectivity index (χ0n) is 20.5. The molecule has 1 heterocycles. The summed E-state index contributed by atoms with van der Waals surface area (Å²) in [4.78, 5) is 53.8. The highest BCUT2D eigenvalue weighted by Crippen LogP contribution is 2.32. The molecule has 4 aromatic rings. The Balaban J connectivity index is 1.57. The molecule has 1 aliphatic heterocycles. The molecule has 0 atom stereocenters. The Morgan fingerprint density at radius 1 is 0.816 bits per heavy atom. The van der Waals surface area contributed by atoms with E-state index in [1.54, 1.807) is 12.1 Å². The molecule has 0 radical (unpaired) electrons. The number of anilines is 1. The lowest BCUT2D eigenvalue weighted by Gasteiger charge is -2.31. The third-order valence-corrected chi connectivity index (χ3v) is 6.57. The van der Waals surface area contributed by atoms with Crippen molar-refractivity contribution < 1.29 is 19.3 Å². The number of hydrogen-bond donors (Lipinski definition) is 0. The normalized spacial score (nSPS) is 12.5. The molecule has 0 aromatic heterocycles. The van der Waals surface area contributed by atoms with Crippen LogP contribution in [0.4, 0.5) is 11.4 Å². The standard InChI is InChI=1S/C30H23N3O5/c1-20-12-14-23(15-13-20)31(19-32-28(34)25-17-16-24(33(37)38)18-26(25)29(32)35)30(36)27(21-8-4-2-5-9-21)22-10-6-3-7-11-22/h2-18,27H,19H2,1H3. The average molecular weight is 506 g/mol. The number of carbonyl (C=O) groups excluding carboxylic acids is 3. The molecule has 8 heteroatoms. The van der Waals surface area contributed by atoms with Crippen molar-refractivity contribution in [1.82, 2.24) is 4.90 Å². The minimum atomic E-state index is -0.699. The van der Waals surface area contributed by atoms with Crippen LogP contribution in [0.25, 0.3) is 0 Å². The van der Waals surface area contributed by atoms with E-state index in [1.165, 1.54) is 17.0 Å². The monoisotopic (exact) mass is 505 g/mol. The van der Waals surface area contributed by atoms with Crippen molar-refractivity contribution in [3.05, 3.63) is 141 Å². The van der Waals surface area contributed by atoms with Crippen molar-refractivity contribution in [2.45, 2.75) is 12.8 Å². The summed E-state index contributed by atoms with van der Waals surface area (Å²) in [6, 6.07) is 29.4. The molecule has 0 unspecified atom stereocenters. The number of nitro groups is 1. The predicted octanol–water partition coefficient (Wildman–Crippen LogP) is 5.32. The second kappa shape index (κ2) is 10.1. The molecule has 38 heavy (non-hydrogen) atoms. The SMILES string of the molecule is Cc1ccc(N(CN2C(=O)c3ccc([N+](=O)[O-])cc3C2=O)C(=O)C(c2ccccc2)c2ccccc2)cc1. The van der Waals surface area contributed by atoms with Gasteiger partial charge in [0.15, 0.2) is 0 Å². The molecular weight excluding hydrogens is 482 g/mol. The number of aryl methyl sites for hydroxylation is 1. The van der Waals surface area contributed by atoms with Gasteiger partial charge in [-0.15, -0.1) is 0 Å². The summed E-state index contributed by atoms with van der Waals surface area (Å²) in [5.41, 5.74) is 2.75. The van der Waals surface area contributed by atoms with Gasteiger partial charge in [-0.25, -0.2) is 0 Å². The van der Waals surface area contributed by atoms with E-state index in [2.05, 4.69) is 0 Å². The first-order valence-corrected chi connectivity index (χ1v) is 12.0. The number of amides is 3. The van der Waals surface area contributed by atoms with Crippen molar-refractivity contribution in [3.8, 4) is 0 Å². The maximum atomic E-state index is 14.3. The molecule has 3 amide bonds. The van der Waals surface area contributed by atoms with Gasteiger partial charge >= 0.3 is 0 Å². The topological polar surface area (TPSA) is 101 Å². The maximum absolute atomic E-state index is 14.3. The van der Waals surface area contributed by atoms with Gasteiger partial charge in [-0.05, 0) is 36.2 Å². The van der Waals surface area contributed by atoms with E-state index in [0.29, 0.717) is 5.69 Å². The van der Waals surface area contributed by atoms with Crippen LogP contribution in [0.1, 0.15) is 43.3 Å². The Hall–Kier alpha value is -5.11. The largest absolute Gasteiger partial charge is 0.293 e. The van der Waals surface area contributed by atoms with Gasteiger partial charge in [0.1, 0.15) is 6.67 Å². The molecule has 8 nitrogen and oxygen atoms in total. The highest BCUT2D eigenvalue weighted by Gasteiger charge is 2.40. The predicted molar refractivity (Wildman–Crippen MR) is 142 cm³/mol. The Kier molecular flexibility index (Phi) is 6.53. The first-order valence-electron chi connectivity index (χ1n) is 12.0. The highest BCUT2D eigenvalue weighted by atomic mass is 16.6. The smallest absolute Gasteiger partial charge is 0.270 e. The van der Waals surface area contributed by atoms with Crippen molar-refractivity contribution in [2.24, 2.45) is 0 Å². The lowest BCUT2D eigenvalue weighted by Crippen LogP contribution is -2.46. The number of carbonyl (C=O) groups is 3. The quantitative estimate of drug-likeness (QED) is 0.192. The third kappa shape index (κ3) is 4.55. The van der Waals surface area contributed by atoms with Crippen LogP contribution in [-0.2, 0) is 4.79 Å². The minimum absolute atomic E-state index is 0.0526. The molecule has 0 aliphatic carbocycles. The fourth-order valence-corrected chi connectivity index (χ4v) is 4.59. The number of rotatable bonds is 7. The molecule has 1 aliphatic rings. The van der Waals surface area contributed by atoms with Gasteiger partial charge in [0.05, 0.1) is 22.0 Å². The molecule has 0 bridgehead atoms. The summed E-state index contributed by atoms with van der Waals surface area (Å²) in [7, 11) is 0. The van der Waals surface area contributed by atoms with Crippen LogP contribution >= 0.6 is 0 Å². The average Bonchev–Trinajstić information content (AvgIpc) is 3.17. The Bertz CT molecular complexity index is 1500. The van der Waals surface area contributed by atoms with Gasteiger partial charge < -0.3 is 0 Å². The van der Waals surface area contributed by atoms with E-state index in [1.807, 2.05) is 79.7 Å². The molecule has 0 spiro atoms. The first-order chi connectivity index (χ1) is 18.3. The number of non-ortho nitro benzene ring substituents is 1. The fraction of sp³-hybridized carbons (Fsp3) is 0.100. The number of benzene rings is 4. The Labute approximate surface area is 218 Å². The number of imide groups is 1. The first kappa shape index (κ1) is 24.6. The maximum Gasteiger partial charge on any atom is 0.270 e. The molecule has 5 rings (SSSR count). The second-order valence-corrected chi connectivity index (χ2v) is 9.02. The Morgan fingerprint density at radius 2 is 1.37 bits per heavy atom. The van der Waals surface area contributed by atoms with E-state index in [4.69, 9.17) is 0 Å². The Morgan fingerprint density at radius 3 is 1.92 bits per heavy atom. The van der Waals surface area contributed by atoms with Gasteiger partial charge in [-0.2, -0.15) is 0 Å². The van der Waals surface area contributed by atoms with Gasteiger partial charge in [0, 0.05) is 17.8 Å². The molecule has 0 saturated heterocycles. The summed E-state index contributed by atoms with van der Waals surface area (Å²) >= 11 is 0. The van der Waals surface area contributed by atoms with Gasteiger partial charge in [-0.3, -0.25) is 34.3 Å². The summed E-state index contributed by atoms with van der Waals surface area (Å²) in [5.74, 6) is -2.32. The molecule has 4 aromatic carbocycles. The molecule has 0 saturated carbocycles. The van der Waals surface area contributed by atoms with Crippen LogP contribution in [0.15, 0.2) is 103 Å². The zero-order valence-corrected chi connectivity index (χ0v) is 20.5. The van der Waals surface area contributed by atoms with Crippen LogP contribution in [0.5, 0.6) is 0 Å².